The molecule has 0 aliphatic carbocycles. The summed E-state index contributed by atoms with van der Waals surface area (Å²) in [7, 11) is 0. The molecule has 0 heterocycles. The minimum absolute atomic E-state index is 0.128. The third-order valence-corrected chi connectivity index (χ3v) is 4.06. The van der Waals surface area contributed by atoms with Crippen LogP contribution in [0.1, 0.15) is 34.8 Å². The van der Waals surface area contributed by atoms with Crippen LogP contribution in [0.15, 0.2) is 24.3 Å². The molecule has 1 atom stereocenters. The summed E-state index contributed by atoms with van der Waals surface area (Å²) in [4.78, 5) is 22.6. The van der Waals surface area contributed by atoms with Gasteiger partial charge in [-0.1, -0.05) is 13.0 Å². The van der Waals surface area contributed by atoms with Gasteiger partial charge in [0, 0.05) is 23.4 Å². The van der Waals surface area contributed by atoms with Crippen molar-refractivity contribution in [3.05, 3.63) is 41.0 Å². The molecule has 0 aliphatic rings. The molecule has 21 heavy (non-hydrogen) atoms. The highest BCUT2D eigenvalue weighted by Gasteiger charge is 2.07. The first-order chi connectivity index (χ1) is 9.92. The molecule has 0 aromatic heterocycles. The van der Waals surface area contributed by atoms with E-state index in [1.165, 1.54) is 6.08 Å². The van der Waals surface area contributed by atoms with Gasteiger partial charge in [0.15, 0.2) is 0 Å². The SMILES string of the molecule is CSC(C)CCNC(=O)c1cc(C)cc(/C=C/C(=O)O)c1. The molecule has 0 aliphatic heterocycles. The Hall–Kier alpha value is -1.75. The van der Waals surface area contributed by atoms with Gasteiger partial charge in [0.1, 0.15) is 0 Å². The van der Waals surface area contributed by atoms with Crippen LogP contribution in [0.4, 0.5) is 0 Å². The Morgan fingerprint density at radius 2 is 2.10 bits per heavy atom. The minimum Gasteiger partial charge on any atom is -0.478 e. The Labute approximate surface area is 129 Å². The fourth-order valence-electron chi connectivity index (χ4n) is 1.82. The summed E-state index contributed by atoms with van der Waals surface area (Å²) in [6, 6.07) is 5.33. The number of nitrogens with one attached hydrogen (secondary N) is 1. The molecule has 1 amide bonds. The molecular formula is C16H21NO3S. The third kappa shape index (κ3) is 6.49. The molecule has 0 saturated carbocycles. The quantitative estimate of drug-likeness (QED) is 0.760. The second-order valence-electron chi connectivity index (χ2n) is 4.89. The number of hydrogen-bond donors (Lipinski definition) is 2. The van der Waals surface area contributed by atoms with E-state index in [4.69, 9.17) is 5.11 Å². The van der Waals surface area contributed by atoms with Crippen molar-refractivity contribution in [2.24, 2.45) is 0 Å². The minimum atomic E-state index is -1.01. The molecule has 0 bridgehead atoms. The predicted octanol–water partition coefficient (Wildman–Crippen LogP) is 2.96. The highest BCUT2D eigenvalue weighted by Crippen LogP contribution is 2.12. The van der Waals surface area contributed by atoms with Crippen LogP contribution in [0.25, 0.3) is 6.08 Å². The number of benzene rings is 1. The Bertz CT molecular complexity index is 540. The molecule has 114 valence electrons. The Morgan fingerprint density at radius 3 is 2.71 bits per heavy atom. The molecule has 1 aromatic carbocycles. The molecule has 0 spiro atoms. The Kier molecular flexibility index (Phi) is 7.02. The average molecular weight is 307 g/mol. The first-order valence-electron chi connectivity index (χ1n) is 6.76. The van der Waals surface area contributed by atoms with Gasteiger partial charge in [-0.2, -0.15) is 11.8 Å². The van der Waals surface area contributed by atoms with Crippen molar-refractivity contribution in [2.45, 2.75) is 25.5 Å². The number of carboxylic acid groups (broad SMARTS) is 1. The topological polar surface area (TPSA) is 66.4 Å². The van der Waals surface area contributed by atoms with E-state index in [0.717, 1.165) is 18.1 Å². The number of carbonyl (C=O) groups is 2. The molecule has 1 rings (SSSR count). The summed E-state index contributed by atoms with van der Waals surface area (Å²) in [5, 5.41) is 12.0. The average Bonchev–Trinajstić information content (AvgIpc) is 2.44. The lowest BCUT2D eigenvalue weighted by molar-refractivity contribution is -0.131. The van der Waals surface area contributed by atoms with Crippen LogP contribution < -0.4 is 5.32 Å². The first-order valence-corrected chi connectivity index (χ1v) is 8.05. The normalized spacial score (nSPS) is 12.3. The summed E-state index contributed by atoms with van der Waals surface area (Å²) in [6.07, 6.45) is 5.52. The zero-order valence-electron chi connectivity index (χ0n) is 12.6. The lowest BCUT2D eigenvalue weighted by Gasteiger charge is -2.10. The maximum Gasteiger partial charge on any atom is 0.328 e. The van der Waals surface area contributed by atoms with E-state index in [2.05, 4.69) is 12.2 Å². The van der Waals surface area contributed by atoms with E-state index in [1.807, 2.05) is 19.2 Å². The largest absolute Gasteiger partial charge is 0.478 e. The van der Waals surface area contributed by atoms with Crippen molar-refractivity contribution < 1.29 is 14.7 Å². The molecule has 5 heteroatoms. The van der Waals surface area contributed by atoms with Crippen molar-refractivity contribution in [3.63, 3.8) is 0 Å². The highest BCUT2D eigenvalue weighted by atomic mass is 32.2. The number of aryl methyl sites for hydroxylation is 1. The molecule has 1 unspecified atom stereocenters. The van der Waals surface area contributed by atoms with E-state index < -0.39 is 5.97 Å². The van der Waals surface area contributed by atoms with Gasteiger partial charge in [0.05, 0.1) is 0 Å². The number of aliphatic carboxylic acids is 1. The van der Waals surface area contributed by atoms with Crippen molar-refractivity contribution >= 4 is 29.7 Å². The zero-order chi connectivity index (χ0) is 15.8. The lowest BCUT2D eigenvalue weighted by atomic mass is 10.1. The summed E-state index contributed by atoms with van der Waals surface area (Å²) >= 11 is 1.77. The maximum atomic E-state index is 12.1. The number of thioether (sulfide) groups is 1. The van der Waals surface area contributed by atoms with Crippen molar-refractivity contribution in [3.8, 4) is 0 Å². The number of rotatable bonds is 7. The van der Waals surface area contributed by atoms with Gasteiger partial charge in [0.2, 0.25) is 0 Å². The van der Waals surface area contributed by atoms with Gasteiger partial charge in [-0.3, -0.25) is 4.79 Å². The van der Waals surface area contributed by atoms with Gasteiger partial charge in [-0.15, -0.1) is 0 Å². The van der Waals surface area contributed by atoms with Crippen LogP contribution in [0.3, 0.4) is 0 Å². The Morgan fingerprint density at radius 1 is 1.38 bits per heavy atom. The van der Waals surface area contributed by atoms with Crippen LogP contribution >= 0.6 is 11.8 Å². The summed E-state index contributed by atoms with van der Waals surface area (Å²) < 4.78 is 0. The molecule has 4 nitrogen and oxygen atoms in total. The second-order valence-corrected chi connectivity index (χ2v) is 6.17. The Balaban J connectivity index is 2.73. The third-order valence-electron chi connectivity index (χ3n) is 3.02. The van der Waals surface area contributed by atoms with Gasteiger partial charge in [-0.25, -0.2) is 4.79 Å². The van der Waals surface area contributed by atoms with Crippen LogP contribution in [-0.2, 0) is 4.79 Å². The number of amides is 1. The molecule has 0 fully saturated rings. The molecule has 0 radical (unpaired) electrons. The van der Waals surface area contributed by atoms with E-state index >= 15 is 0 Å². The summed E-state index contributed by atoms with van der Waals surface area (Å²) in [6.45, 7) is 4.64. The highest BCUT2D eigenvalue weighted by molar-refractivity contribution is 7.99. The van der Waals surface area contributed by atoms with E-state index in [0.29, 0.717) is 22.9 Å². The predicted molar refractivity (Wildman–Crippen MR) is 87.8 cm³/mol. The molecule has 1 aromatic rings. The molecule has 0 saturated heterocycles. The summed E-state index contributed by atoms with van der Waals surface area (Å²) in [5.41, 5.74) is 2.18. The van der Waals surface area contributed by atoms with Gasteiger partial charge in [-0.05, 0) is 48.9 Å². The lowest BCUT2D eigenvalue weighted by Crippen LogP contribution is -2.26. The van der Waals surface area contributed by atoms with Crippen molar-refractivity contribution in [2.75, 3.05) is 12.8 Å². The monoisotopic (exact) mass is 307 g/mol. The van der Waals surface area contributed by atoms with E-state index in [-0.39, 0.29) is 5.91 Å². The van der Waals surface area contributed by atoms with Crippen LogP contribution in [-0.4, -0.2) is 35.0 Å². The van der Waals surface area contributed by atoms with E-state index in [9.17, 15) is 9.59 Å². The van der Waals surface area contributed by atoms with Crippen LogP contribution in [0, 0.1) is 6.92 Å². The molecular weight excluding hydrogens is 286 g/mol. The fraction of sp³-hybridized carbons (Fsp3) is 0.375. The van der Waals surface area contributed by atoms with E-state index in [1.54, 1.807) is 23.9 Å². The molecule has 2 N–H and O–H groups in total. The smallest absolute Gasteiger partial charge is 0.328 e. The van der Waals surface area contributed by atoms with Crippen LogP contribution in [0.2, 0.25) is 0 Å². The van der Waals surface area contributed by atoms with Gasteiger partial charge >= 0.3 is 5.97 Å². The number of carbonyl (C=O) groups excluding carboxylic acids is 1. The van der Waals surface area contributed by atoms with Gasteiger partial charge < -0.3 is 10.4 Å². The fourth-order valence-corrected chi connectivity index (χ4v) is 2.17. The van der Waals surface area contributed by atoms with Crippen molar-refractivity contribution in [1.82, 2.24) is 5.32 Å². The summed E-state index contributed by atoms with van der Waals surface area (Å²) in [5.74, 6) is -1.13. The standard InChI is InChI=1S/C16H21NO3S/c1-11-8-13(4-5-15(18)19)10-14(9-11)16(20)17-7-6-12(2)21-3/h4-5,8-10,12H,6-7H2,1-3H3,(H,17,20)(H,18,19)/b5-4+. The zero-order valence-corrected chi connectivity index (χ0v) is 13.4. The first kappa shape index (κ1) is 17.3. The van der Waals surface area contributed by atoms with Gasteiger partial charge in [0.25, 0.3) is 5.91 Å². The number of carboxylic acids is 1. The van der Waals surface area contributed by atoms with Crippen LogP contribution in [0.5, 0.6) is 0 Å². The number of hydrogen-bond acceptors (Lipinski definition) is 3. The second kappa shape index (κ2) is 8.52. The maximum absolute atomic E-state index is 12.1. The van der Waals surface area contributed by atoms with Crippen molar-refractivity contribution in [1.29, 1.82) is 0 Å².